The van der Waals surface area contributed by atoms with Crippen molar-refractivity contribution in [3.63, 3.8) is 0 Å². The van der Waals surface area contributed by atoms with E-state index in [-0.39, 0.29) is 11.1 Å². The number of hydrogen-bond acceptors (Lipinski definition) is 6. The summed E-state index contributed by atoms with van der Waals surface area (Å²) >= 11 is 0. The number of benzene rings is 2. The number of halogens is 4. The van der Waals surface area contributed by atoms with Crippen molar-refractivity contribution in [3.8, 4) is 0 Å². The predicted molar refractivity (Wildman–Crippen MR) is 156 cm³/mol. The van der Waals surface area contributed by atoms with E-state index in [0.29, 0.717) is 35.7 Å². The lowest BCUT2D eigenvalue weighted by molar-refractivity contribution is -0.140. The molecular weight excluding hydrogens is 562 g/mol. The maximum atomic E-state index is 14.9. The molecule has 0 spiro atoms. The Morgan fingerprint density at radius 2 is 1.88 bits per heavy atom. The predicted octanol–water partition coefficient (Wildman–Crippen LogP) is 5.51. The van der Waals surface area contributed by atoms with Crippen LogP contribution in [0.25, 0.3) is 10.8 Å². The first-order chi connectivity index (χ1) is 20.5. The molecule has 1 fully saturated rings. The van der Waals surface area contributed by atoms with Crippen LogP contribution in [0.1, 0.15) is 29.8 Å². The number of nitrogens with zero attached hydrogens (tertiary/aromatic N) is 5. The molecule has 6 rings (SSSR count). The van der Waals surface area contributed by atoms with E-state index >= 15 is 0 Å². The maximum Gasteiger partial charge on any atom is 0.419 e. The number of aromatic nitrogens is 3. The maximum absolute atomic E-state index is 14.9. The van der Waals surface area contributed by atoms with Gasteiger partial charge in [0.1, 0.15) is 17.7 Å². The van der Waals surface area contributed by atoms with Crippen molar-refractivity contribution in [2.75, 3.05) is 44.4 Å². The highest BCUT2D eigenvalue weighted by Gasteiger charge is 2.38. The number of hydrogen-bond donors (Lipinski definition) is 2. The van der Waals surface area contributed by atoms with Gasteiger partial charge in [0.05, 0.1) is 16.8 Å². The van der Waals surface area contributed by atoms with E-state index < -0.39 is 29.5 Å². The fraction of sp³-hybridized carbons (Fsp3) is 0.323. The SMILES string of the molecule is CC1=C(C(=O)Nc2ccc3cnccc3c2)C(c2ccc(C(F)(F)F)c(F)c2)n2nc(CN3CC(CN(C)C)C3)cc2N1. The van der Waals surface area contributed by atoms with Gasteiger partial charge in [-0.1, -0.05) is 12.1 Å². The molecular formula is C31H31F4N7O. The molecule has 224 valence electrons. The molecule has 8 nitrogen and oxygen atoms in total. The van der Waals surface area contributed by atoms with Crippen LogP contribution in [0.2, 0.25) is 0 Å². The number of fused-ring (bicyclic) bond motifs is 2. The number of rotatable bonds is 7. The van der Waals surface area contributed by atoms with Crippen LogP contribution < -0.4 is 10.6 Å². The summed E-state index contributed by atoms with van der Waals surface area (Å²) in [5, 5.41) is 12.7. The summed E-state index contributed by atoms with van der Waals surface area (Å²) in [5.74, 6) is -0.761. The Labute approximate surface area is 246 Å². The summed E-state index contributed by atoms with van der Waals surface area (Å²) < 4.78 is 56.6. The minimum Gasteiger partial charge on any atom is -0.344 e. The van der Waals surface area contributed by atoms with E-state index in [2.05, 4.69) is 25.4 Å². The van der Waals surface area contributed by atoms with E-state index in [1.807, 2.05) is 38.4 Å². The van der Waals surface area contributed by atoms with Crippen LogP contribution in [0.4, 0.5) is 29.1 Å². The smallest absolute Gasteiger partial charge is 0.344 e. The molecule has 12 heteroatoms. The zero-order chi connectivity index (χ0) is 30.5. The van der Waals surface area contributed by atoms with E-state index in [1.165, 1.54) is 6.07 Å². The van der Waals surface area contributed by atoms with Crippen molar-refractivity contribution in [1.29, 1.82) is 0 Å². The number of carbonyl (C=O) groups excluding carboxylic acids is 1. The number of pyridine rings is 1. The lowest BCUT2D eigenvalue weighted by Crippen LogP contribution is -2.49. The lowest BCUT2D eigenvalue weighted by atomic mass is 9.93. The molecule has 0 bridgehead atoms. The number of likely N-dealkylation sites (tertiary alicyclic amines) is 1. The largest absolute Gasteiger partial charge is 0.419 e. The molecule has 2 aliphatic heterocycles. The van der Waals surface area contributed by atoms with E-state index in [0.717, 1.165) is 42.2 Å². The number of nitrogens with one attached hydrogen (secondary N) is 2. The summed E-state index contributed by atoms with van der Waals surface area (Å²) in [7, 11) is 4.09. The standard InChI is InChI=1S/C31H31F4N7O/c1-18-28(30(43)38-23-6-4-22-13-36-9-8-20(22)10-23)29(21-5-7-25(26(32)11-21)31(33,34)35)42-27(37-18)12-24(39-42)17-41-15-19(16-41)14-40(2)3/h4-13,19,29,37H,14-17H2,1-3H3,(H,38,43). The summed E-state index contributed by atoms with van der Waals surface area (Å²) in [5.41, 5.74) is 0.771. The van der Waals surface area contributed by atoms with Gasteiger partial charge in [0.25, 0.3) is 5.91 Å². The Hall–Kier alpha value is -4.29. The second kappa shape index (κ2) is 11.1. The van der Waals surface area contributed by atoms with Crippen LogP contribution in [-0.2, 0) is 17.5 Å². The van der Waals surface area contributed by atoms with Crippen LogP contribution in [0.5, 0.6) is 0 Å². The van der Waals surface area contributed by atoms with Crippen LogP contribution in [-0.4, -0.2) is 64.2 Å². The minimum atomic E-state index is -4.85. The van der Waals surface area contributed by atoms with Gasteiger partial charge in [-0.3, -0.25) is 14.7 Å². The van der Waals surface area contributed by atoms with E-state index in [9.17, 15) is 22.4 Å². The zero-order valence-corrected chi connectivity index (χ0v) is 23.9. The van der Waals surface area contributed by atoms with Crippen LogP contribution >= 0.6 is 0 Å². The lowest BCUT2D eigenvalue weighted by Gasteiger charge is -2.40. The molecule has 1 amide bonds. The van der Waals surface area contributed by atoms with Crippen molar-refractivity contribution in [1.82, 2.24) is 24.6 Å². The second-order valence-electron chi connectivity index (χ2n) is 11.5. The summed E-state index contributed by atoms with van der Waals surface area (Å²) in [4.78, 5) is 22.4. The van der Waals surface area contributed by atoms with Crippen LogP contribution in [0.3, 0.4) is 0 Å². The number of allylic oxidation sites excluding steroid dienone is 1. The van der Waals surface area contributed by atoms with Gasteiger partial charge in [0.2, 0.25) is 0 Å². The number of anilines is 2. The number of alkyl halides is 3. The fourth-order valence-electron chi connectivity index (χ4n) is 5.96. The van der Waals surface area contributed by atoms with Crippen molar-refractivity contribution >= 4 is 28.2 Å². The van der Waals surface area contributed by atoms with Crippen molar-refractivity contribution in [3.05, 3.63) is 94.8 Å². The van der Waals surface area contributed by atoms with Gasteiger partial charge in [0.15, 0.2) is 0 Å². The Bertz CT molecular complexity index is 1720. The quantitative estimate of drug-likeness (QED) is 0.275. The summed E-state index contributed by atoms with van der Waals surface area (Å²) in [6, 6.07) is 10.9. The third-order valence-electron chi connectivity index (χ3n) is 7.82. The normalized spacial score (nSPS) is 17.6. The molecule has 0 saturated carbocycles. The highest BCUT2D eigenvalue weighted by Crippen LogP contribution is 2.39. The van der Waals surface area contributed by atoms with Gasteiger partial charge in [-0.15, -0.1) is 0 Å². The molecule has 0 radical (unpaired) electrons. The Kier molecular flexibility index (Phi) is 7.43. The molecule has 43 heavy (non-hydrogen) atoms. The first-order valence-corrected chi connectivity index (χ1v) is 13.9. The topological polar surface area (TPSA) is 78.3 Å². The first kappa shape index (κ1) is 28.8. The van der Waals surface area contributed by atoms with Crippen molar-refractivity contribution in [2.45, 2.75) is 25.7 Å². The monoisotopic (exact) mass is 593 g/mol. The molecule has 2 aromatic heterocycles. The zero-order valence-electron chi connectivity index (χ0n) is 23.9. The van der Waals surface area contributed by atoms with Gasteiger partial charge in [0, 0.05) is 61.4 Å². The van der Waals surface area contributed by atoms with Crippen molar-refractivity contribution < 1.29 is 22.4 Å². The average Bonchev–Trinajstić information content (AvgIpc) is 3.31. The Morgan fingerprint density at radius 1 is 1.09 bits per heavy atom. The highest BCUT2D eigenvalue weighted by atomic mass is 19.4. The van der Waals surface area contributed by atoms with Gasteiger partial charge in [-0.05, 0) is 68.2 Å². The van der Waals surface area contributed by atoms with Crippen LogP contribution in [0.15, 0.2) is 72.2 Å². The molecule has 1 unspecified atom stereocenters. The molecule has 1 saturated heterocycles. The second-order valence-corrected chi connectivity index (χ2v) is 11.5. The molecule has 4 heterocycles. The van der Waals surface area contributed by atoms with E-state index in [1.54, 1.807) is 30.1 Å². The highest BCUT2D eigenvalue weighted by molar-refractivity contribution is 6.06. The third-order valence-corrected chi connectivity index (χ3v) is 7.82. The molecule has 2 N–H and O–H groups in total. The number of carbonyl (C=O) groups is 1. The molecule has 4 aromatic rings. The van der Waals surface area contributed by atoms with Crippen molar-refractivity contribution in [2.24, 2.45) is 5.92 Å². The first-order valence-electron chi connectivity index (χ1n) is 13.9. The molecule has 2 aliphatic rings. The van der Waals surface area contributed by atoms with Gasteiger partial charge < -0.3 is 15.5 Å². The van der Waals surface area contributed by atoms with Gasteiger partial charge in [-0.2, -0.15) is 18.3 Å². The Balaban J connectivity index is 1.34. The van der Waals surface area contributed by atoms with Gasteiger partial charge in [-0.25, -0.2) is 9.07 Å². The molecule has 1 atom stereocenters. The van der Waals surface area contributed by atoms with Crippen LogP contribution in [0, 0.1) is 11.7 Å². The van der Waals surface area contributed by atoms with E-state index in [4.69, 9.17) is 5.10 Å². The summed E-state index contributed by atoms with van der Waals surface area (Å²) in [6.07, 6.45) is -1.48. The third kappa shape index (κ3) is 5.84. The minimum absolute atomic E-state index is 0.173. The van der Waals surface area contributed by atoms with Gasteiger partial charge >= 0.3 is 6.18 Å². The fourth-order valence-corrected chi connectivity index (χ4v) is 5.96. The number of amides is 1. The summed E-state index contributed by atoms with van der Waals surface area (Å²) in [6.45, 7) is 5.13. The average molecular weight is 594 g/mol. The molecule has 2 aromatic carbocycles. The Morgan fingerprint density at radius 3 is 2.60 bits per heavy atom. The molecule has 0 aliphatic carbocycles.